The van der Waals surface area contributed by atoms with Gasteiger partial charge < -0.3 is 9.47 Å². The van der Waals surface area contributed by atoms with E-state index in [2.05, 4.69) is 13.8 Å². The standard InChI is InChI=1S/C15H26O3/c1-11-4-5-13(10-12(11)2)14(16)15(17-3)6-8-18-9-7-15/h11-13H,4-10H2,1-3H3. The van der Waals surface area contributed by atoms with Crippen molar-refractivity contribution in [3.63, 3.8) is 0 Å². The van der Waals surface area contributed by atoms with E-state index >= 15 is 0 Å². The number of ketones is 1. The van der Waals surface area contributed by atoms with Crippen LogP contribution in [0, 0.1) is 17.8 Å². The lowest BCUT2D eigenvalue weighted by atomic mass is 9.70. The van der Waals surface area contributed by atoms with E-state index in [9.17, 15) is 4.79 Å². The molecule has 0 aromatic heterocycles. The molecule has 1 aliphatic carbocycles. The Morgan fingerprint density at radius 3 is 2.39 bits per heavy atom. The molecule has 2 rings (SSSR count). The summed E-state index contributed by atoms with van der Waals surface area (Å²) in [5.74, 6) is 1.95. The third-order valence-corrected chi connectivity index (χ3v) is 5.11. The molecule has 1 heterocycles. The summed E-state index contributed by atoms with van der Waals surface area (Å²) in [6.45, 7) is 5.87. The first kappa shape index (κ1) is 14.0. The Morgan fingerprint density at radius 1 is 1.17 bits per heavy atom. The lowest BCUT2D eigenvalue weighted by molar-refractivity contribution is -0.158. The van der Waals surface area contributed by atoms with Crippen LogP contribution in [0.25, 0.3) is 0 Å². The van der Waals surface area contributed by atoms with Gasteiger partial charge >= 0.3 is 0 Å². The second kappa shape index (κ2) is 5.70. The molecule has 1 saturated carbocycles. The maximum Gasteiger partial charge on any atom is 0.167 e. The van der Waals surface area contributed by atoms with Crippen molar-refractivity contribution in [1.82, 2.24) is 0 Å². The van der Waals surface area contributed by atoms with Gasteiger partial charge in [0.15, 0.2) is 5.78 Å². The van der Waals surface area contributed by atoms with Gasteiger partial charge in [-0.25, -0.2) is 0 Å². The van der Waals surface area contributed by atoms with Gasteiger partial charge in [0, 0.05) is 39.1 Å². The molecule has 3 nitrogen and oxygen atoms in total. The molecule has 0 N–H and O–H groups in total. The van der Waals surface area contributed by atoms with Crippen molar-refractivity contribution >= 4 is 5.78 Å². The minimum Gasteiger partial charge on any atom is -0.381 e. The zero-order valence-corrected chi connectivity index (χ0v) is 11.9. The van der Waals surface area contributed by atoms with Crippen molar-refractivity contribution in [2.75, 3.05) is 20.3 Å². The van der Waals surface area contributed by atoms with Gasteiger partial charge in [-0.1, -0.05) is 13.8 Å². The number of Topliss-reactive ketones (excluding diaryl/α,β-unsaturated/α-hetero) is 1. The summed E-state index contributed by atoms with van der Waals surface area (Å²) in [7, 11) is 1.68. The Balaban J connectivity index is 2.05. The van der Waals surface area contributed by atoms with Crippen LogP contribution < -0.4 is 0 Å². The lowest BCUT2D eigenvalue weighted by Gasteiger charge is -2.40. The Hall–Kier alpha value is -0.410. The van der Waals surface area contributed by atoms with Gasteiger partial charge in [0.25, 0.3) is 0 Å². The number of carbonyl (C=O) groups excluding carboxylic acids is 1. The van der Waals surface area contributed by atoms with E-state index in [1.54, 1.807) is 7.11 Å². The van der Waals surface area contributed by atoms with E-state index in [0.29, 0.717) is 24.9 Å². The van der Waals surface area contributed by atoms with Crippen molar-refractivity contribution in [2.24, 2.45) is 17.8 Å². The molecule has 18 heavy (non-hydrogen) atoms. The zero-order valence-electron chi connectivity index (χ0n) is 11.9. The summed E-state index contributed by atoms with van der Waals surface area (Å²) < 4.78 is 11.0. The highest BCUT2D eigenvalue weighted by Gasteiger charge is 2.44. The second-order valence-electron chi connectivity index (χ2n) is 6.14. The van der Waals surface area contributed by atoms with Crippen LogP contribution in [0.15, 0.2) is 0 Å². The van der Waals surface area contributed by atoms with Crippen LogP contribution in [0.5, 0.6) is 0 Å². The quantitative estimate of drug-likeness (QED) is 0.777. The SMILES string of the molecule is COC1(C(=O)C2CCC(C)C(C)C2)CCOCC1. The maximum absolute atomic E-state index is 12.8. The predicted molar refractivity (Wildman–Crippen MR) is 70.5 cm³/mol. The van der Waals surface area contributed by atoms with Gasteiger partial charge in [0.2, 0.25) is 0 Å². The predicted octanol–water partition coefficient (Wildman–Crippen LogP) is 2.82. The van der Waals surface area contributed by atoms with Crippen LogP contribution in [0.1, 0.15) is 46.0 Å². The number of carbonyl (C=O) groups is 1. The molecule has 0 amide bonds. The Morgan fingerprint density at radius 2 is 1.83 bits per heavy atom. The van der Waals surface area contributed by atoms with Crippen molar-refractivity contribution < 1.29 is 14.3 Å². The molecule has 0 aromatic carbocycles. The first-order valence-corrected chi connectivity index (χ1v) is 7.26. The number of rotatable bonds is 3. The molecule has 0 radical (unpaired) electrons. The van der Waals surface area contributed by atoms with Crippen LogP contribution in [-0.4, -0.2) is 31.7 Å². The highest BCUT2D eigenvalue weighted by Crippen LogP contribution is 2.38. The highest BCUT2D eigenvalue weighted by atomic mass is 16.5. The Labute approximate surface area is 110 Å². The van der Waals surface area contributed by atoms with E-state index in [1.165, 1.54) is 6.42 Å². The fourth-order valence-corrected chi connectivity index (χ4v) is 3.41. The third-order valence-electron chi connectivity index (χ3n) is 5.11. The monoisotopic (exact) mass is 254 g/mol. The van der Waals surface area contributed by atoms with Crippen LogP contribution in [0.3, 0.4) is 0 Å². The first-order chi connectivity index (χ1) is 8.59. The molecule has 0 bridgehead atoms. The van der Waals surface area contributed by atoms with E-state index < -0.39 is 5.60 Å². The number of hydrogen-bond donors (Lipinski definition) is 0. The normalized spacial score (nSPS) is 36.3. The average Bonchev–Trinajstić information content (AvgIpc) is 2.42. The molecule has 3 atom stereocenters. The summed E-state index contributed by atoms with van der Waals surface area (Å²) in [5.41, 5.74) is -0.552. The third kappa shape index (κ3) is 2.62. The largest absolute Gasteiger partial charge is 0.381 e. The summed E-state index contributed by atoms with van der Waals surface area (Å²) >= 11 is 0. The first-order valence-electron chi connectivity index (χ1n) is 7.26. The van der Waals surface area contributed by atoms with Crippen molar-refractivity contribution in [2.45, 2.75) is 51.6 Å². The highest BCUT2D eigenvalue weighted by molar-refractivity contribution is 5.89. The molecule has 104 valence electrons. The maximum atomic E-state index is 12.8. The number of ether oxygens (including phenoxy) is 2. The summed E-state index contributed by atoms with van der Waals surface area (Å²) in [6, 6.07) is 0. The molecule has 0 aromatic rings. The number of methoxy groups -OCH3 is 1. The van der Waals surface area contributed by atoms with Crippen LogP contribution >= 0.6 is 0 Å². The molecule has 2 aliphatic rings. The molecule has 3 unspecified atom stereocenters. The summed E-state index contributed by atoms with van der Waals surface area (Å²) in [4.78, 5) is 12.8. The molecular weight excluding hydrogens is 228 g/mol. The van der Waals surface area contributed by atoms with Gasteiger partial charge in [-0.3, -0.25) is 4.79 Å². The summed E-state index contributed by atoms with van der Waals surface area (Å²) in [6.07, 6.45) is 4.70. The molecule has 2 fully saturated rings. The molecule has 1 saturated heterocycles. The minimum absolute atomic E-state index is 0.203. The van der Waals surface area contributed by atoms with Crippen LogP contribution in [-0.2, 0) is 14.3 Å². The Kier molecular flexibility index (Phi) is 4.44. The number of hydrogen-bond acceptors (Lipinski definition) is 3. The fourth-order valence-electron chi connectivity index (χ4n) is 3.41. The van der Waals surface area contributed by atoms with Gasteiger partial charge in [0.1, 0.15) is 5.60 Å². The second-order valence-corrected chi connectivity index (χ2v) is 6.14. The van der Waals surface area contributed by atoms with Gasteiger partial charge in [-0.2, -0.15) is 0 Å². The molecule has 3 heteroatoms. The van der Waals surface area contributed by atoms with Crippen molar-refractivity contribution in [1.29, 1.82) is 0 Å². The zero-order chi connectivity index (χ0) is 13.2. The van der Waals surface area contributed by atoms with Crippen LogP contribution in [0.4, 0.5) is 0 Å². The fraction of sp³-hybridized carbons (Fsp3) is 0.933. The Bertz CT molecular complexity index is 294. The van der Waals surface area contributed by atoms with E-state index in [-0.39, 0.29) is 5.92 Å². The van der Waals surface area contributed by atoms with Crippen molar-refractivity contribution in [3.8, 4) is 0 Å². The van der Waals surface area contributed by atoms with E-state index in [0.717, 1.165) is 31.6 Å². The van der Waals surface area contributed by atoms with Crippen molar-refractivity contribution in [3.05, 3.63) is 0 Å². The molecule has 0 spiro atoms. The smallest absolute Gasteiger partial charge is 0.167 e. The van der Waals surface area contributed by atoms with E-state index in [1.807, 2.05) is 0 Å². The lowest BCUT2D eigenvalue weighted by Crippen LogP contribution is -2.49. The minimum atomic E-state index is -0.552. The molecule has 1 aliphatic heterocycles. The topological polar surface area (TPSA) is 35.5 Å². The van der Waals surface area contributed by atoms with Gasteiger partial charge in [-0.15, -0.1) is 0 Å². The van der Waals surface area contributed by atoms with Crippen LogP contribution in [0.2, 0.25) is 0 Å². The summed E-state index contributed by atoms with van der Waals surface area (Å²) in [5, 5.41) is 0. The molecular formula is C15H26O3. The van der Waals surface area contributed by atoms with E-state index in [4.69, 9.17) is 9.47 Å². The van der Waals surface area contributed by atoms with Gasteiger partial charge in [-0.05, 0) is 31.1 Å². The van der Waals surface area contributed by atoms with Gasteiger partial charge in [0.05, 0.1) is 0 Å². The average molecular weight is 254 g/mol.